The van der Waals surface area contributed by atoms with E-state index in [-0.39, 0.29) is 12.0 Å². The highest BCUT2D eigenvalue weighted by Crippen LogP contribution is 2.40. The summed E-state index contributed by atoms with van der Waals surface area (Å²) in [5.74, 6) is -1.60. The number of halogens is 4. The molecule has 138 valence electrons. The van der Waals surface area contributed by atoms with Crippen molar-refractivity contribution in [1.82, 2.24) is 5.32 Å². The number of hydrogen-bond donors (Lipinski definition) is 2. The molecule has 1 aromatic rings. The van der Waals surface area contributed by atoms with Gasteiger partial charge in [0.1, 0.15) is 11.6 Å². The summed E-state index contributed by atoms with van der Waals surface area (Å²) in [4.78, 5) is 9.04. The highest BCUT2D eigenvalue weighted by atomic mass is 32.2. The normalized spacial score (nSPS) is 21.8. The van der Waals surface area contributed by atoms with Gasteiger partial charge in [-0.15, -0.1) is 0 Å². The Hall–Kier alpha value is -2.37. The van der Waals surface area contributed by atoms with Crippen LogP contribution >= 0.6 is 0 Å². The molecule has 1 heterocycles. The fraction of sp³-hybridized carbons (Fsp3) is 0.385. The van der Waals surface area contributed by atoms with Crippen molar-refractivity contribution >= 4 is 15.5 Å². The summed E-state index contributed by atoms with van der Waals surface area (Å²) in [6.07, 6.45) is -0.865. The third kappa shape index (κ3) is 3.25. The molecule has 7 nitrogen and oxygen atoms in total. The summed E-state index contributed by atoms with van der Waals surface area (Å²) in [5, 5.41) is 13.2. The summed E-state index contributed by atoms with van der Waals surface area (Å²) in [5.41, 5.74) is -2.09. The summed E-state index contributed by atoms with van der Waals surface area (Å²) >= 11 is 0. The number of nitro benzene ring substituents is 1. The molecule has 1 aromatic carbocycles. The maximum absolute atomic E-state index is 14.1. The van der Waals surface area contributed by atoms with Crippen LogP contribution in [-0.4, -0.2) is 18.8 Å². The van der Waals surface area contributed by atoms with E-state index in [0.717, 1.165) is 18.2 Å². The number of nitro groups is 1. The van der Waals surface area contributed by atoms with E-state index in [0.29, 0.717) is 0 Å². The number of benzene rings is 1. The topological polar surface area (TPSA) is 115 Å². The minimum absolute atomic E-state index is 0.201. The molecule has 0 amide bonds. The molecule has 1 aliphatic heterocycles. The van der Waals surface area contributed by atoms with Gasteiger partial charge >= 0.3 is 5.51 Å². The van der Waals surface area contributed by atoms with Gasteiger partial charge in [-0.25, -0.2) is 12.8 Å². The number of sulfone groups is 1. The predicted molar refractivity (Wildman–Crippen MR) is 79.0 cm³/mol. The molecule has 0 bridgehead atoms. The monoisotopic (exact) mass is 383 g/mol. The quantitative estimate of drug-likeness (QED) is 0.470. The Morgan fingerprint density at radius 1 is 1.36 bits per heavy atom. The number of non-ortho nitro benzene ring substituents is 1. The zero-order valence-corrected chi connectivity index (χ0v) is 13.5. The fourth-order valence-electron chi connectivity index (χ4n) is 2.60. The van der Waals surface area contributed by atoms with Gasteiger partial charge in [-0.1, -0.05) is 0 Å². The van der Waals surface area contributed by atoms with Gasteiger partial charge in [0.25, 0.3) is 15.5 Å². The number of nitrogens with zero attached hydrogens (tertiary/aromatic N) is 1. The summed E-state index contributed by atoms with van der Waals surface area (Å²) in [6, 6.07) is 2.71. The highest BCUT2D eigenvalue weighted by molar-refractivity contribution is 7.96. The molecule has 0 spiro atoms. The summed E-state index contributed by atoms with van der Waals surface area (Å²) < 4.78 is 75.1. The van der Waals surface area contributed by atoms with Crippen LogP contribution in [0.4, 0.5) is 23.2 Å². The number of nitrogens with two attached hydrogens (primary N) is 1. The zero-order chi connectivity index (χ0) is 19.2. The predicted octanol–water partition coefficient (Wildman–Crippen LogP) is 2.39. The first kappa shape index (κ1) is 19.0. The first-order chi connectivity index (χ1) is 11.3. The lowest BCUT2D eigenvalue weighted by atomic mass is 9.84. The van der Waals surface area contributed by atoms with Crippen molar-refractivity contribution in [1.29, 1.82) is 0 Å². The Kier molecular flexibility index (Phi) is 4.45. The minimum Gasteiger partial charge on any atom is -0.385 e. The average Bonchev–Trinajstić information content (AvgIpc) is 2.45. The Bertz CT molecular complexity index is 867. The third-order valence-corrected chi connectivity index (χ3v) is 5.63. The number of hydrogen-bond acceptors (Lipinski definition) is 6. The third-order valence-electron chi connectivity index (χ3n) is 3.95. The Balaban J connectivity index is 2.49. The second-order valence-corrected chi connectivity index (χ2v) is 7.63. The molecule has 1 atom stereocenters. The molecule has 25 heavy (non-hydrogen) atoms. The molecule has 12 heteroatoms. The van der Waals surface area contributed by atoms with Crippen molar-refractivity contribution in [3.8, 4) is 0 Å². The van der Waals surface area contributed by atoms with E-state index in [1.807, 2.05) is 0 Å². The SMILES string of the molecule is C[C@@]1(c2cc([N+](=O)[O-])ccc2F)CCC(S(=O)(=O)C(F)(F)F)=C(N)N1. The van der Waals surface area contributed by atoms with Gasteiger partial charge in [-0.05, 0) is 25.8 Å². The van der Waals surface area contributed by atoms with E-state index in [9.17, 15) is 36.1 Å². The lowest BCUT2D eigenvalue weighted by molar-refractivity contribution is -0.385. The van der Waals surface area contributed by atoms with Crippen molar-refractivity contribution in [3.63, 3.8) is 0 Å². The molecular formula is C13H13F4N3O4S. The van der Waals surface area contributed by atoms with Crippen LogP contribution < -0.4 is 11.1 Å². The first-order valence-corrected chi connectivity index (χ1v) is 8.30. The lowest BCUT2D eigenvalue weighted by Gasteiger charge is -2.37. The minimum atomic E-state index is -5.62. The van der Waals surface area contributed by atoms with E-state index < -0.39 is 54.5 Å². The smallest absolute Gasteiger partial charge is 0.385 e. The van der Waals surface area contributed by atoms with Gasteiger partial charge in [-0.3, -0.25) is 10.1 Å². The van der Waals surface area contributed by atoms with Crippen molar-refractivity contribution < 1.29 is 30.9 Å². The molecule has 0 fully saturated rings. The van der Waals surface area contributed by atoms with Gasteiger partial charge < -0.3 is 11.1 Å². The molecule has 0 aromatic heterocycles. The summed E-state index contributed by atoms with van der Waals surface area (Å²) in [7, 11) is -5.62. The van der Waals surface area contributed by atoms with E-state index in [2.05, 4.69) is 5.32 Å². The second-order valence-electron chi connectivity index (χ2n) is 5.66. The largest absolute Gasteiger partial charge is 0.501 e. The Labute approximate surface area is 139 Å². The molecule has 1 aliphatic rings. The Morgan fingerprint density at radius 2 is 1.96 bits per heavy atom. The van der Waals surface area contributed by atoms with Crippen LogP contribution in [0, 0.1) is 15.9 Å². The van der Waals surface area contributed by atoms with Crippen LogP contribution in [0.1, 0.15) is 25.3 Å². The van der Waals surface area contributed by atoms with E-state index in [1.54, 1.807) is 0 Å². The molecule has 0 aliphatic carbocycles. The average molecular weight is 383 g/mol. The van der Waals surface area contributed by atoms with Crippen molar-refractivity contribution in [2.24, 2.45) is 5.73 Å². The van der Waals surface area contributed by atoms with Gasteiger partial charge in [0.05, 0.1) is 15.4 Å². The molecule has 2 rings (SSSR count). The van der Waals surface area contributed by atoms with Crippen LogP contribution in [0.5, 0.6) is 0 Å². The van der Waals surface area contributed by atoms with Crippen molar-refractivity contribution in [3.05, 3.63) is 50.4 Å². The standard InChI is InChI=1S/C13H13F4N3O4S/c1-12(8-6-7(20(21)22)2-3-9(8)14)5-4-10(11(18)19-12)25(23,24)13(15,16)17/h2-3,6,19H,4-5,18H2,1H3/t12-/m0/s1. The van der Waals surface area contributed by atoms with Crippen molar-refractivity contribution in [2.45, 2.75) is 30.8 Å². The van der Waals surface area contributed by atoms with Gasteiger partial charge in [-0.2, -0.15) is 13.2 Å². The van der Waals surface area contributed by atoms with Crippen LogP contribution in [0.15, 0.2) is 28.9 Å². The van der Waals surface area contributed by atoms with Crippen molar-refractivity contribution in [2.75, 3.05) is 0 Å². The van der Waals surface area contributed by atoms with Crippen LogP contribution in [-0.2, 0) is 15.4 Å². The highest BCUT2D eigenvalue weighted by Gasteiger charge is 2.51. The van der Waals surface area contributed by atoms with Crippen LogP contribution in [0.3, 0.4) is 0 Å². The van der Waals surface area contributed by atoms with Gasteiger partial charge in [0.2, 0.25) is 0 Å². The van der Waals surface area contributed by atoms with E-state index in [1.165, 1.54) is 6.92 Å². The maximum Gasteiger partial charge on any atom is 0.501 e. The number of allylic oxidation sites excluding steroid dienone is 1. The Morgan fingerprint density at radius 3 is 2.44 bits per heavy atom. The molecule has 0 saturated heterocycles. The number of nitrogens with one attached hydrogen (secondary N) is 1. The van der Waals surface area contributed by atoms with E-state index in [4.69, 9.17) is 5.73 Å². The molecule has 0 unspecified atom stereocenters. The zero-order valence-electron chi connectivity index (χ0n) is 12.7. The van der Waals surface area contributed by atoms with Gasteiger partial charge in [0.15, 0.2) is 0 Å². The van der Waals surface area contributed by atoms with Crippen LogP contribution in [0.25, 0.3) is 0 Å². The number of alkyl halides is 3. The molecule has 3 N–H and O–H groups in total. The number of rotatable bonds is 3. The van der Waals surface area contributed by atoms with Gasteiger partial charge in [0, 0.05) is 17.7 Å². The summed E-state index contributed by atoms with van der Waals surface area (Å²) in [6.45, 7) is 1.36. The molecular weight excluding hydrogens is 370 g/mol. The lowest BCUT2D eigenvalue weighted by Crippen LogP contribution is -2.47. The molecule has 0 radical (unpaired) electrons. The molecule has 0 saturated carbocycles. The maximum atomic E-state index is 14.1. The van der Waals surface area contributed by atoms with Crippen LogP contribution in [0.2, 0.25) is 0 Å². The fourth-order valence-corrected chi connectivity index (χ4v) is 3.59. The second kappa shape index (κ2) is 5.86. The first-order valence-electron chi connectivity index (χ1n) is 6.82. The van der Waals surface area contributed by atoms with E-state index >= 15 is 0 Å².